The minimum atomic E-state index is -1.02. The molecule has 62 heavy (non-hydrogen) atoms. The molecule has 2 aromatic heterocycles. The molecular weight excluding hydrogens is 829 g/mol. The van der Waals surface area contributed by atoms with Crippen LogP contribution in [-0.2, 0) is 36.1 Å². The van der Waals surface area contributed by atoms with Crippen molar-refractivity contribution in [1.82, 2.24) is 19.9 Å². The van der Waals surface area contributed by atoms with Crippen molar-refractivity contribution in [2.45, 2.75) is 23.6 Å². The van der Waals surface area contributed by atoms with E-state index in [-0.39, 0.29) is 41.5 Å². The first-order valence-electron chi connectivity index (χ1n) is 19.4. The van der Waals surface area contributed by atoms with Crippen LogP contribution in [0.2, 0.25) is 0 Å². The maximum absolute atomic E-state index is 14.1. The summed E-state index contributed by atoms with van der Waals surface area (Å²) in [7, 11) is 2.88. The Bertz CT molecular complexity index is 2560. The summed E-state index contributed by atoms with van der Waals surface area (Å²) in [4.78, 5) is 70.7. The van der Waals surface area contributed by atoms with Gasteiger partial charge in [-0.05, 0) is 34.4 Å². The predicted octanol–water partition coefficient (Wildman–Crippen LogP) is 5.59. The van der Waals surface area contributed by atoms with Crippen molar-refractivity contribution in [3.63, 3.8) is 0 Å². The Hall–Kier alpha value is -7.17. The highest BCUT2D eigenvalue weighted by atomic mass is 32.2. The van der Waals surface area contributed by atoms with E-state index in [1.54, 1.807) is 36.8 Å². The van der Waals surface area contributed by atoms with Gasteiger partial charge in [-0.1, -0.05) is 108 Å². The topological polar surface area (TPSA) is 163 Å². The number of thiazole rings is 1. The number of benzene rings is 4. The quantitative estimate of drug-likeness (QED) is 0.0410. The number of pyridine rings is 1. The summed E-state index contributed by atoms with van der Waals surface area (Å²) in [6.45, 7) is -0.147. The van der Waals surface area contributed by atoms with E-state index in [0.29, 0.717) is 22.0 Å². The van der Waals surface area contributed by atoms with Crippen molar-refractivity contribution in [3.8, 4) is 5.75 Å². The average molecular weight is 869 g/mol. The Balaban J connectivity index is 1.03. The molecule has 8 rings (SSSR count). The third-order valence-electron chi connectivity index (χ3n) is 10.3. The molecule has 2 aliphatic rings. The molecule has 2 aliphatic heterocycles. The molecule has 0 spiro atoms. The minimum Gasteiger partial charge on any atom is -0.497 e. The van der Waals surface area contributed by atoms with Gasteiger partial charge in [-0.15, -0.1) is 23.1 Å². The van der Waals surface area contributed by atoms with Gasteiger partial charge >= 0.3 is 5.97 Å². The Morgan fingerprint density at radius 2 is 1.44 bits per heavy atom. The number of aromatic nitrogens is 2. The lowest BCUT2D eigenvalue weighted by Crippen LogP contribution is -2.71. The summed E-state index contributed by atoms with van der Waals surface area (Å²) < 4.78 is 12.3. The minimum absolute atomic E-state index is 0.0264. The number of oxime groups is 1. The van der Waals surface area contributed by atoms with Crippen LogP contribution in [0.1, 0.15) is 27.9 Å². The Kier molecular flexibility index (Phi) is 12.5. The number of carbonyl (C=O) groups is 3. The van der Waals surface area contributed by atoms with Crippen LogP contribution < -0.4 is 25.6 Å². The standard InChI is InChI=1S/C46H40N6O8S2/c1-57-36-20-18-30(19-21-36)26-59-44(56)40-31(27-60-51-24-22-35(53)23-25-51)28-61-43-39(42(55)52(40)43)48-41(54)38(50-58-2)37-29-62-45(47-37)49-46(32-12-6-3-7-13-32,33-14-8-4-9-15-33)34-16-10-5-11-17-34/h3-25,29,39,43H,26-28H2,1-2H3,(H,47,49)(H,48,54)/b50-38-/t39-,43-/m1/s1. The summed E-state index contributed by atoms with van der Waals surface area (Å²) >= 11 is 2.64. The van der Waals surface area contributed by atoms with Crippen molar-refractivity contribution in [3.05, 3.63) is 195 Å². The third-order valence-corrected chi connectivity index (χ3v) is 12.4. The molecule has 1 fully saturated rings. The molecule has 0 bridgehead atoms. The third kappa shape index (κ3) is 8.55. The zero-order valence-electron chi connectivity index (χ0n) is 33.5. The van der Waals surface area contributed by atoms with E-state index in [2.05, 4.69) is 52.2 Å². The molecule has 4 heterocycles. The van der Waals surface area contributed by atoms with Crippen LogP contribution in [0.3, 0.4) is 0 Å². The number of nitrogens with one attached hydrogen (secondary N) is 2. The molecule has 2 amide bonds. The second kappa shape index (κ2) is 18.6. The molecule has 4 aromatic carbocycles. The SMILES string of the molecule is CO/N=C(\C(=O)N[C@@H]1C(=O)N2C(C(=O)OCc3ccc(OC)cc3)=C(COn3ccc(=O)cc3)CS[C@H]12)c1csc(NC(c2ccccc2)(c2ccccc2)c2ccccc2)n1. The van der Waals surface area contributed by atoms with E-state index >= 15 is 0 Å². The lowest BCUT2D eigenvalue weighted by atomic mass is 9.77. The number of hydrogen-bond donors (Lipinski definition) is 2. The molecule has 2 atom stereocenters. The van der Waals surface area contributed by atoms with E-state index in [0.717, 1.165) is 16.7 Å². The van der Waals surface area contributed by atoms with E-state index < -0.39 is 34.7 Å². The molecule has 6 aromatic rings. The fraction of sp³-hybridized carbons (Fsp3) is 0.174. The molecule has 2 N–H and O–H groups in total. The van der Waals surface area contributed by atoms with Gasteiger partial charge in [0.15, 0.2) is 16.3 Å². The number of thioether (sulfide) groups is 1. The zero-order chi connectivity index (χ0) is 43.1. The van der Waals surface area contributed by atoms with Gasteiger partial charge < -0.3 is 29.8 Å². The maximum Gasteiger partial charge on any atom is 0.355 e. The normalized spacial score (nSPS) is 16.1. The number of esters is 1. The average Bonchev–Trinajstić information content (AvgIpc) is 3.79. The van der Waals surface area contributed by atoms with Crippen LogP contribution in [-0.4, -0.2) is 76.1 Å². The van der Waals surface area contributed by atoms with Crippen LogP contribution in [0.4, 0.5) is 5.13 Å². The highest BCUT2D eigenvalue weighted by molar-refractivity contribution is 8.00. The van der Waals surface area contributed by atoms with Crippen LogP contribution >= 0.6 is 23.1 Å². The zero-order valence-corrected chi connectivity index (χ0v) is 35.1. The van der Waals surface area contributed by atoms with Gasteiger partial charge in [0, 0.05) is 41.2 Å². The largest absolute Gasteiger partial charge is 0.497 e. The van der Waals surface area contributed by atoms with Gasteiger partial charge in [-0.2, -0.15) is 4.73 Å². The first-order valence-corrected chi connectivity index (χ1v) is 21.3. The molecule has 314 valence electrons. The van der Waals surface area contributed by atoms with Gasteiger partial charge in [0.05, 0.1) is 7.11 Å². The molecule has 0 saturated carbocycles. The van der Waals surface area contributed by atoms with Crippen LogP contribution in [0, 0.1) is 0 Å². The molecule has 14 nitrogen and oxygen atoms in total. The Morgan fingerprint density at radius 1 is 0.823 bits per heavy atom. The molecule has 16 heteroatoms. The first kappa shape index (κ1) is 41.6. The second-order valence-electron chi connectivity index (χ2n) is 14.0. The summed E-state index contributed by atoms with van der Waals surface area (Å²) in [5, 5.41) is 12.1. The smallest absolute Gasteiger partial charge is 0.355 e. The number of nitrogens with zero attached hydrogens (tertiary/aromatic N) is 4. The lowest BCUT2D eigenvalue weighted by molar-refractivity contribution is -0.153. The number of anilines is 1. The maximum atomic E-state index is 14.1. The predicted molar refractivity (Wildman–Crippen MR) is 235 cm³/mol. The fourth-order valence-corrected chi connectivity index (χ4v) is 9.32. The van der Waals surface area contributed by atoms with Crippen molar-refractivity contribution in [2.24, 2.45) is 5.16 Å². The number of hydrogen-bond acceptors (Lipinski definition) is 13. The summed E-state index contributed by atoms with van der Waals surface area (Å²) in [5.41, 5.74) is 3.17. The van der Waals surface area contributed by atoms with E-state index in [4.69, 9.17) is 24.1 Å². The molecular formula is C46H40N6O8S2. The Morgan fingerprint density at radius 3 is 2.02 bits per heavy atom. The number of rotatable bonds is 16. The second-order valence-corrected chi connectivity index (χ2v) is 16.0. The number of fused-ring (bicyclic) bond motifs is 1. The molecule has 1 saturated heterocycles. The molecule has 0 radical (unpaired) electrons. The van der Waals surface area contributed by atoms with E-state index in [1.807, 2.05) is 54.6 Å². The first-order chi connectivity index (χ1) is 30.3. The van der Waals surface area contributed by atoms with Crippen LogP contribution in [0.25, 0.3) is 0 Å². The van der Waals surface area contributed by atoms with Crippen molar-refractivity contribution < 1.29 is 33.5 Å². The van der Waals surface area contributed by atoms with Gasteiger partial charge in [0.1, 0.15) is 54.4 Å². The fourth-order valence-electron chi connectivity index (χ4n) is 7.25. The van der Waals surface area contributed by atoms with Gasteiger partial charge in [-0.3, -0.25) is 19.3 Å². The highest BCUT2D eigenvalue weighted by Crippen LogP contribution is 2.42. The van der Waals surface area contributed by atoms with E-state index in [1.165, 1.54) is 64.4 Å². The number of β-lactam (4-membered cyclic amide) rings is 1. The van der Waals surface area contributed by atoms with Gasteiger partial charge in [-0.25, -0.2) is 9.78 Å². The Labute approximate surface area is 364 Å². The van der Waals surface area contributed by atoms with E-state index in [9.17, 15) is 19.2 Å². The molecule has 0 aliphatic carbocycles. The summed E-state index contributed by atoms with van der Waals surface area (Å²) in [5.74, 6) is -1.02. The van der Waals surface area contributed by atoms with Crippen molar-refractivity contribution in [2.75, 3.05) is 31.9 Å². The number of methoxy groups -OCH3 is 1. The van der Waals surface area contributed by atoms with Gasteiger partial charge in [0.25, 0.3) is 11.8 Å². The number of carbonyl (C=O) groups excluding carboxylic acids is 3. The number of ether oxygens (including phenoxy) is 2. The number of amides is 2. The summed E-state index contributed by atoms with van der Waals surface area (Å²) in [6, 6.07) is 38.9. The highest BCUT2D eigenvalue weighted by Gasteiger charge is 2.55. The van der Waals surface area contributed by atoms with Crippen LogP contribution in [0.15, 0.2) is 166 Å². The van der Waals surface area contributed by atoms with Gasteiger partial charge in [0.2, 0.25) is 0 Å². The van der Waals surface area contributed by atoms with Crippen molar-refractivity contribution >= 4 is 51.7 Å². The summed E-state index contributed by atoms with van der Waals surface area (Å²) in [6.07, 6.45) is 2.91. The van der Waals surface area contributed by atoms with Crippen molar-refractivity contribution in [1.29, 1.82) is 0 Å². The monoisotopic (exact) mass is 868 g/mol. The lowest BCUT2D eigenvalue weighted by Gasteiger charge is -2.49. The molecule has 0 unspecified atom stereocenters. The van der Waals surface area contributed by atoms with Crippen LogP contribution in [0.5, 0.6) is 5.75 Å².